The first-order chi connectivity index (χ1) is 25.7. The van der Waals surface area contributed by atoms with Gasteiger partial charge in [-0.05, 0) is 56.6 Å². The summed E-state index contributed by atoms with van der Waals surface area (Å²) in [4.78, 5) is 20.5. The summed E-state index contributed by atoms with van der Waals surface area (Å²) < 4.78 is 9.08. The number of hydrogen-bond acceptors (Lipinski definition) is 6. The second-order valence-corrected chi connectivity index (χ2v) is 14.1. The maximum atomic E-state index is 6.86. The Hall–Kier alpha value is -6.76. The van der Waals surface area contributed by atoms with Crippen molar-refractivity contribution in [2.75, 3.05) is 0 Å². The molecule has 0 bridgehead atoms. The van der Waals surface area contributed by atoms with Crippen LogP contribution in [-0.2, 0) is 0 Å². The first-order valence-corrected chi connectivity index (χ1v) is 18.0. The quantitative estimate of drug-likeness (QED) is 0.173. The standard InChI is InChI=1S/C46H26N4OS/c1-3-13-30(14-4-1)43-48-44(31-15-5-2-6-16-31)50-45(49-43)35-26-36-41(51-46(47-36)33-22-19-27-11-7-8-17-32(27)25-33)40-39-37(52-42(35)40)24-23-29-21-20-28-12-9-10-18-34(28)38(29)39/h1-26H. The molecule has 6 heteroatoms. The fourth-order valence-electron chi connectivity index (χ4n) is 7.44. The maximum Gasteiger partial charge on any atom is 0.227 e. The molecule has 8 aromatic carbocycles. The molecule has 0 aliphatic carbocycles. The minimum Gasteiger partial charge on any atom is -0.435 e. The summed E-state index contributed by atoms with van der Waals surface area (Å²) in [5.41, 5.74) is 5.19. The lowest BCUT2D eigenvalue weighted by molar-refractivity contribution is 0.623. The van der Waals surface area contributed by atoms with Crippen LogP contribution in [0.4, 0.5) is 0 Å². The fourth-order valence-corrected chi connectivity index (χ4v) is 8.66. The zero-order chi connectivity index (χ0) is 34.2. The van der Waals surface area contributed by atoms with E-state index in [4.69, 9.17) is 24.4 Å². The Bertz CT molecular complexity index is 3130. The van der Waals surface area contributed by atoms with E-state index in [1.807, 2.05) is 60.7 Å². The van der Waals surface area contributed by atoms with Crippen molar-refractivity contribution in [3.8, 4) is 45.6 Å². The highest BCUT2D eigenvalue weighted by Crippen LogP contribution is 2.48. The average molecular weight is 683 g/mol. The van der Waals surface area contributed by atoms with Crippen LogP contribution < -0.4 is 0 Å². The molecule has 3 aromatic heterocycles. The van der Waals surface area contributed by atoms with Crippen LogP contribution in [0.1, 0.15) is 0 Å². The van der Waals surface area contributed by atoms with Crippen LogP contribution in [0.15, 0.2) is 162 Å². The summed E-state index contributed by atoms with van der Waals surface area (Å²) in [6, 6.07) is 54.5. The Balaban J connectivity index is 1.27. The van der Waals surface area contributed by atoms with Gasteiger partial charge in [-0.2, -0.15) is 0 Å². The molecule has 0 radical (unpaired) electrons. The highest BCUT2D eigenvalue weighted by molar-refractivity contribution is 7.26. The van der Waals surface area contributed by atoms with Gasteiger partial charge in [-0.1, -0.05) is 133 Å². The van der Waals surface area contributed by atoms with Gasteiger partial charge < -0.3 is 4.42 Å². The Morgan fingerprint density at radius 1 is 0.423 bits per heavy atom. The molecule has 0 aliphatic heterocycles. The number of oxazole rings is 1. The van der Waals surface area contributed by atoms with Crippen molar-refractivity contribution >= 4 is 74.9 Å². The zero-order valence-corrected chi connectivity index (χ0v) is 28.4. The molecule has 5 nitrogen and oxygen atoms in total. The number of fused-ring (bicyclic) bond motifs is 10. The number of nitrogens with zero attached hydrogens (tertiary/aromatic N) is 4. The average Bonchev–Trinajstić information content (AvgIpc) is 3.83. The van der Waals surface area contributed by atoms with E-state index in [0.717, 1.165) is 58.9 Å². The van der Waals surface area contributed by atoms with Crippen LogP contribution in [0.5, 0.6) is 0 Å². The van der Waals surface area contributed by atoms with Crippen LogP contribution in [0.2, 0.25) is 0 Å². The summed E-state index contributed by atoms with van der Waals surface area (Å²) in [5.74, 6) is 2.41. The lowest BCUT2D eigenvalue weighted by atomic mass is 9.96. The summed E-state index contributed by atoms with van der Waals surface area (Å²) >= 11 is 1.74. The Morgan fingerprint density at radius 2 is 1.04 bits per heavy atom. The van der Waals surface area contributed by atoms with Crippen molar-refractivity contribution in [1.82, 2.24) is 19.9 Å². The molecular weight excluding hydrogens is 657 g/mol. The van der Waals surface area contributed by atoms with Crippen molar-refractivity contribution in [3.63, 3.8) is 0 Å². The summed E-state index contributed by atoms with van der Waals surface area (Å²) in [6.45, 7) is 0. The highest BCUT2D eigenvalue weighted by atomic mass is 32.1. The molecule has 0 saturated carbocycles. The maximum absolute atomic E-state index is 6.86. The van der Waals surface area contributed by atoms with Gasteiger partial charge in [0.15, 0.2) is 23.1 Å². The minimum absolute atomic E-state index is 0.578. The van der Waals surface area contributed by atoms with Crippen LogP contribution in [0, 0.1) is 0 Å². The van der Waals surface area contributed by atoms with E-state index in [-0.39, 0.29) is 0 Å². The van der Waals surface area contributed by atoms with Gasteiger partial charge in [-0.25, -0.2) is 19.9 Å². The van der Waals surface area contributed by atoms with E-state index in [9.17, 15) is 0 Å². The second kappa shape index (κ2) is 11.4. The molecule has 11 rings (SSSR count). The van der Waals surface area contributed by atoms with Gasteiger partial charge >= 0.3 is 0 Å². The molecule has 0 aliphatic rings. The normalized spacial score (nSPS) is 11.8. The van der Waals surface area contributed by atoms with Crippen molar-refractivity contribution < 1.29 is 4.42 Å². The van der Waals surface area contributed by atoms with Crippen molar-refractivity contribution in [1.29, 1.82) is 0 Å². The SMILES string of the molecule is c1ccc(-c2nc(-c3ccccc3)nc(-c3cc4nc(-c5ccc6ccccc6c5)oc4c4c3sc3ccc5ccc6ccccc6c5c34)n2)cc1. The number of thiophene rings is 1. The molecule has 0 unspecified atom stereocenters. The van der Waals surface area contributed by atoms with E-state index >= 15 is 0 Å². The molecule has 0 N–H and O–H groups in total. The first kappa shape index (κ1) is 29.0. The summed E-state index contributed by atoms with van der Waals surface area (Å²) in [7, 11) is 0. The first-order valence-electron chi connectivity index (χ1n) is 17.2. The van der Waals surface area contributed by atoms with E-state index in [1.165, 1.54) is 26.9 Å². The molecule has 52 heavy (non-hydrogen) atoms. The molecule has 0 fully saturated rings. The Labute approximate surface area is 301 Å². The molecule has 0 spiro atoms. The van der Waals surface area contributed by atoms with E-state index in [2.05, 4.69) is 97.1 Å². The monoisotopic (exact) mass is 682 g/mol. The second-order valence-electron chi connectivity index (χ2n) is 13.0. The third kappa shape index (κ3) is 4.55. The predicted molar refractivity (Wildman–Crippen MR) is 215 cm³/mol. The topological polar surface area (TPSA) is 64.7 Å². The van der Waals surface area contributed by atoms with Crippen molar-refractivity contribution in [2.24, 2.45) is 0 Å². The minimum atomic E-state index is 0.578. The number of rotatable bonds is 4. The third-order valence-electron chi connectivity index (χ3n) is 9.90. The molecule has 3 heterocycles. The Kier molecular flexibility index (Phi) is 6.35. The van der Waals surface area contributed by atoms with E-state index < -0.39 is 0 Å². The lowest BCUT2D eigenvalue weighted by Crippen LogP contribution is -2.00. The largest absolute Gasteiger partial charge is 0.435 e. The van der Waals surface area contributed by atoms with E-state index in [0.29, 0.717) is 23.4 Å². The van der Waals surface area contributed by atoms with Crippen LogP contribution in [0.3, 0.4) is 0 Å². The third-order valence-corrected chi connectivity index (χ3v) is 11.1. The number of hydrogen-bond donors (Lipinski definition) is 0. The lowest BCUT2D eigenvalue weighted by Gasteiger charge is -2.09. The molecular formula is C46H26N4OS. The van der Waals surface area contributed by atoms with Crippen LogP contribution >= 0.6 is 11.3 Å². The van der Waals surface area contributed by atoms with Crippen LogP contribution in [-0.4, -0.2) is 19.9 Å². The highest BCUT2D eigenvalue weighted by Gasteiger charge is 2.24. The molecule has 0 amide bonds. The molecule has 242 valence electrons. The van der Waals surface area contributed by atoms with Gasteiger partial charge in [-0.3, -0.25) is 0 Å². The molecule has 0 atom stereocenters. The zero-order valence-electron chi connectivity index (χ0n) is 27.6. The van der Waals surface area contributed by atoms with Gasteiger partial charge in [0.2, 0.25) is 5.89 Å². The number of aromatic nitrogens is 4. The van der Waals surface area contributed by atoms with Crippen LogP contribution in [0.25, 0.3) is 109 Å². The van der Waals surface area contributed by atoms with Crippen molar-refractivity contribution in [3.05, 3.63) is 158 Å². The smallest absolute Gasteiger partial charge is 0.227 e. The van der Waals surface area contributed by atoms with E-state index in [1.54, 1.807) is 11.3 Å². The van der Waals surface area contributed by atoms with Gasteiger partial charge in [0, 0.05) is 37.7 Å². The molecule has 11 aromatic rings. The predicted octanol–water partition coefficient (Wildman–Crippen LogP) is 12.5. The Morgan fingerprint density at radius 3 is 1.81 bits per heavy atom. The number of benzene rings is 8. The van der Waals surface area contributed by atoms with Gasteiger partial charge in [0.05, 0.1) is 4.70 Å². The van der Waals surface area contributed by atoms with Gasteiger partial charge in [-0.15, -0.1) is 11.3 Å². The summed E-state index contributed by atoms with van der Waals surface area (Å²) in [6.07, 6.45) is 0. The fraction of sp³-hybridized carbons (Fsp3) is 0. The van der Waals surface area contributed by atoms with Gasteiger partial charge in [0.1, 0.15) is 5.52 Å². The summed E-state index contributed by atoms with van der Waals surface area (Å²) in [5, 5.41) is 9.27. The van der Waals surface area contributed by atoms with Crippen molar-refractivity contribution in [2.45, 2.75) is 0 Å². The van der Waals surface area contributed by atoms with Gasteiger partial charge in [0.25, 0.3) is 0 Å². The molecule has 0 saturated heterocycles.